The largest absolute Gasteiger partial charge is 0.356 e. The third kappa shape index (κ3) is 2.00. The molecule has 1 aliphatic heterocycles. The van der Waals surface area contributed by atoms with Crippen LogP contribution in [-0.2, 0) is 6.42 Å². The van der Waals surface area contributed by atoms with Crippen molar-refractivity contribution in [3.63, 3.8) is 0 Å². The summed E-state index contributed by atoms with van der Waals surface area (Å²) in [5.74, 6) is 3.57. The highest BCUT2D eigenvalue weighted by Gasteiger charge is 2.23. The van der Waals surface area contributed by atoms with Gasteiger partial charge in [0.1, 0.15) is 11.6 Å². The van der Waals surface area contributed by atoms with Gasteiger partial charge in [0.2, 0.25) is 0 Å². The number of aryl methyl sites for hydroxylation is 1. The van der Waals surface area contributed by atoms with Crippen molar-refractivity contribution in [2.75, 3.05) is 23.7 Å². The van der Waals surface area contributed by atoms with Crippen LogP contribution in [0.5, 0.6) is 0 Å². The highest BCUT2D eigenvalue weighted by molar-refractivity contribution is 7.80. The minimum Gasteiger partial charge on any atom is -0.356 e. The first-order valence-electron chi connectivity index (χ1n) is 4.97. The van der Waals surface area contributed by atoms with Crippen LogP contribution in [0.4, 0.5) is 5.82 Å². The van der Waals surface area contributed by atoms with Crippen molar-refractivity contribution in [1.82, 2.24) is 9.97 Å². The van der Waals surface area contributed by atoms with Crippen LogP contribution in [0.25, 0.3) is 0 Å². The van der Waals surface area contributed by atoms with Crippen LogP contribution in [0, 0.1) is 5.92 Å². The predicted molar refractivity (Wildman–Crippen MR) is 61.0 cm³/mol. The summed E-state index contributed by atoms with van der Waals surface area (Å²) in [5, 5.41) is 0. The van der Waals surface area contributed by atoms with E-state index in [0.29, 0.717) is 0 Å². The van der Waals surface area contributed by atoms with Gasteiger partial charge < -0.3 is 4.90 Å². The number of hydrogen-bond donors (Lipinski definition) is 1. The molecule has 1 fully saturated rings. The Hall–Kier alpha value is -0.770. The topological polar surface area (TPSA) is 29.0 Å². The molecule has 2 heterocycles. The lowest BCUT2D eigenvalue weighted by molar-refractivity contribution is 0.442. The van der Waals surface area contributed by atoms with E-state index in [0.717, 1.165) is 42.8 Å². The molecule has 4 heteroatoms. The summed E-state index contributed by atoms with van der Waals surface area (Å²) in [5.41, 5.74) is 0. The normalized spacial score (nSPS) is 16.9. The Morgan fingerprint density at radius 2 is 2.36 bits per heavy atom. The van der Waals surface area contributed by atoms with E-state index in [4.69, 9.17) is 0 Å². The van der Waals surface area contributed by atoms with Gasteiger partial charge in [-0.25, -0.2) is 9.97 Å². The summed E-state index contributed by atoms with van der Waals surface area (Å²) in [4.78, 5) is 11.0. The zero-order valence-electron chi connectivity index (χ0n) is 8.35. The van der Waals surface area contributed by atoms with Crippen LogP contribution in [0.2, 0.25) is 0 Å². The van der Waals surface area contributed by atoms with Crippen molar-refractivity contribution >= 4 is 18.4 Å². The maximum absolute atomic E-state index is 4.48. The lowest BCUT2D eigenvalue weighted by atomic mass is 10.0. The van der Waals surface area contributed by atoms with Gasteiger partial charge in [-0.1, -0.05) is 6.92 Å². The number of thiol groups is 1. The van der Waals surface area contributed by atoms with Crippen molar-refractivity contribution in [3.8, 4) is 0 Å². The summed E-state index contributed by atoms with van der Waals surface area (Å²) in [7, 11) is 0. The van der Waals surface area contributed by atoms with Gasteiger partial charge in [0.25, 0.3) is 0 Å². The lowest BCUT2D eigenvalue weighted by Gasteiger charge is -2.38. The van der Waals surface area contributed by atoms with Gasteiger partial charge in [-0.15, -0.1) is 0 Å². The van der Waals surface area contributed by atoms with Gasteiger partial charge in [0, 0.05) is 25.7 Å². The molecule has 14 heavy (non-hydrogen) atoms. The fraction of sp³-hybridized carbons (Fsp3) is 0.600. The number of rotatable bonds is 3. The van der Waals surface area contributed by atoms with Gasteiger partial charge in [-0.3, -0.25) is 0 Å². The summed E-state index contributed by atoms with van der Waals surface area (Å²) in [6.45, 7) is 4.50. The Labute approximate surface area is 90.0 Å². The van der Waals surface area contributed by atoms with E-state index in [2.05, 4.69) is 34.4 Å². The first kappa shape index (κ1) is 9.77. The highest BCUT2D eigenvalue weighted by atomic mass is 32.1. The Bertz CT molecular complexity index is 310. The number of anilines is 1. The van der Waals surface area contributed by atoms with Crippen molar-refractivity contribution in [1.29, 1.82) is 0 Å². The smallest absolute Gasteiger partial charge is 0.132 e. The molecule has 0 aliphatic carbocycles. The van der Waals surface area contributed by atoms with Crippen LogP contribution in [-0.4, -0.2) is 28.8 Å². The zero-order valence-corrected chi connectivity index (χ0v) is 9.24. The quantitative estimate of drug-likeness (QED) is 0.763. The second-order valence-corrected chi connectivity index (χ2v) is 4.26. The molecule has 0 N–H and O–H groups in total. The van der Waals surface area contributed by atoms with Crippen LogP contribution in [0.15, 0.2) is 12.3 Å². The van der Waals surface area contributed by atoms with Crippen molar-refractivity contribution < 1.29 is 0 Å². The van der Waals surface area contributed by atoms with Gasteiger partial charge >= 0.3 is 0 Å². The molecular weight excluding hydrogens is 194 g/mol. The molecule has 0 atom stereocenters. The minimum atomic E-state index is 0.804. The number of hydrogen-bond acceptors (Lipinski definition) is 4. The summed E-state index contributed by atoms with van der Waals surface area (Å²) in [6, 6.07) is 1.98. The molecule has 0 radical (unpaired) electrons. The Morgan fingerprint density at radius 3 is 3.00 bits per heavy atom. The molecule has 1 aromatic rings. The number of nitrogens with zero attached hydrogens (tertiary/aromatic N) is 3. The molecule has 76 valence electrons. The van der Waals surface area contributed by atoms with E-state index in [9.17, 15) is 0 Å². The number of aromatic nitrogens is 2. The summed E-state index contributed by atoms with van der Waals surface area (Å²) >= 11 is 4.18. The average molecular weight is 209 g/mol. The molecule has 2 rings (SSSR count). The molecule has 0 unspecified atom stereocenters. The van der Waals surface area contributed by atoms with Crippen molar-refractivity contribution in [3.05, 3.63) is 18.1 Å². The van der Waals surface area contributed by atoms with E-state index in [1.165, 1.54) is 0 Å². The SMILES string of the molecule is CC1CN(c2ccnc(CCS)n2)C1. The molecule has 0 saturated carbocycles. The molecule has 1 aromatic heterocycles. The minimum absolute atomic E-state index is 0.804. The first-order valence-corrected chi connectivity index (χ1v) is 5.60. The summed E-state index contributed by atoms with van der Waals surface area (Å²) < 4.78 is 0. The molecule has 0 amide bonds. The standard InChI is InChI=1S/C10H15N3S/c1-8-6-13(7-8)10-2-4-11-9(12-10)3-5-14/h2,4,8,14H,3,5-7H2,1H3. The van der Waals surface area contributed by atoms with Gasteiger partial charge in [0.05, 0.1) is 0 Å². The van der Waals surface area contributed by atoms with E-state index < -0.39 is 0 Å². The molecule has 0 spiro atoms. The Balaban J connectivity index is 2.06. The molecule has 1 saturated heterocycles. The van der Waals surface area contributed by atoms with Crippen molar-refractivity contribution in [2.24, 2.45) is 5.92 Å². The predicted octanol–water partition coefficient (Wildman–Crippen LogP) is 1.41. The monoisotopic (exact) mass is 209 g/mol. The van der Waals surface area contributed by atoms with E-state index in [1.54, 1.807) is 0 Å². The Morgan fingerprint density at radius 1 is 1.57 bits per heavy atom. The van der Waals surface area contributed by atoms with Gasteiger partial charge in [-0.05, 0) is 17.7 Å². The maximum Gasteiger partial charge on any atom is 0.132 e. The van der Waals surface area contributed by atoms with Gasteiger partial charge in [-0.2, -0.15) is 12.6 Å². The summed E-state index contributed by atoms with van der Waals surface area (Å²) in [6.07, 6.45) is 2.68. The average Bonchev–Trinajstić information content (AvgIpc) is 2.14. The molecular formula is C10H15N3S. The van der Waals surface area contributed by atoms with Crippen LogP contribution in [0.3, 0.4) is 0 Å². The molecule has 0 aromatic carbocycles. The second-order valence-electron chi connectivity index (χ2n) is 3.81. The lowest BCUT2D eigenvalue weighted by Crippen LogP contribution is -2.45. The molecule has 0 bridgehead atoms. The van der Waals surface area contributed by atoms with E-state index in [1.807, 2.05) is 12.3 Å². The maximum atomic E-state index is 4.48. The Kier molecular flexibility index (Phi) is 2.91. The molecule has 1 aliphatic rings. The highest BCUT2D eigenvalue weighted by Crippen LogP contribution is 2.21. The second kappa shape index (κ2) is 4.17. The third-order valence-corrected chi connectivity index (χ3v) is 2.64. The van der Waals surface area contributed by atoms with Gasteiger partial charge in [0.15, 0.2) is 0 Å². The van der Waals surface area contributed by atoms with Crippen molar-refractivity contribution in [2.45, 2.75) is 13.3 Å². The van der Waals surface area contributed by atoms with Crippen LogP contribution in [0.1, 0.15) is 12.7 Å². The molecule has 3 nitrogen and oxygen atoms in total. The fourth-order valence-corrected chi connectivity index (χ4v) is 1.87. The van der Waals surface area contributed by atoms with Crippen LogP contribution < -0.4 is 4.90 Å². The van der Waals surface area contributed by atoms with E-state index in [-0.39, 0.29) is 0 Å². The fourth-order valence-electron chi connectivity index (χ4n) is 1.67. The van der Waals surface area contributed by atoms with E-state index >= 15 is 0 Å². The third-order valence-electron chi connectivity index (χ3n) is 2.41. The zero-order chi connectivity index (χ0) is 9.97. The van der Waals surface area contributed by atoms with Crippen LogP contribution >= 0.6 is 12.6 Å². The first-order chi connectivity index (χ1) is 6.79.